The lowest BCUT2D eigenvalue weighted by molar-refractivity contribution is 1.09. The standard InChI is InChI=1S/C18H18N2S/c1-13-4-3-5-14(2)17(13)12-20-16-8-6-15(7-9-16)18-19-10-11-21-18/h3-11,20H,12H2,1-2H3. The molecule has 3 rings (SSSR count). The molecule has 106 valence electrons. The van der Waals surface area contributed by atoms with Crippen LogP contribution in [-0.4, -0.2) is 4.98 Å². The Morgan fingerprint density at radius 2 is 1.71 bits per heavy atom. The van der Waals surface area contributed by atoms with Crippen molar-refractivity contribution in [3.63, 3.8) is 0 Å². The van der Waals surface area contributed by atoms with Crippen LogP contribution in [0.25, 0.3) is 10.6 Å². The Morgan fingerprint density at radius 1 is 1.00 bits per heavy atom. The number of nitrogens with zero attached hydrogens (tertiary/aromatic N) is 1. The van der Waals surface area contributed by atoms with Crippen molar-refractivity contribution in [2.24, 2.45) is 0 Å². The Balaban J connectivity index is 1.71. The van der Waals surface area contributed by atoms with Crippen molar-refractivity contribution >= 4 is 17.0 Å². The summed E-state index contributed by atoms with van der Waals surface area (Å²) in [6, 6.07) is 14.9. The molecule has 2 nitrogen and oxygen atoms in total. The second-order valence-electron chi connectivity index (χ2n) is 5.14. The Bertz CT molecular complexity index is 695. The first-order chi connectivity index (χ1) is 10.2. The quantitative estimate of drug-likeness (QED) is 0.729. The Morgan fingerprint density at radius 3 is 2.33 bits per heavy atom. The summed E-state index contributed by atoms with van der Waals surface area (Å²) in [4.78, 5) is 4.33. The van der Waals surface area contributed by atoms with E-state index in [4.69, 9.17) is 0 Å². The monoisotopic (exact) mass is 294 g/mol. The van der Waals surface area contributed by atoms with Crippen LogP contribution in [0.1, 0.15) is 16.7 Å². The van der Waals surface area contributed by atoms with Gasteiger partial charge in [-0.25, -0.2) is 4.98 Å². The topological polar surface area (TPSA) is 24.9 Å². The van der Waals surface area contributed by atoms with Crippen LogP contribution in [0.2, 0.25) is 0 Å². The van der Waals surface area contributed by atoms with Gasteiger partial charge in [0, 0.05) is 29.4 Å². The fraction of sp³-hybridized carbons (Fsp3) is 0.167. The average Bonchev–Trinajstić information content (AvgIpc) is 3.02. The normalized spacial score (nSPS) is 10.6. The molecule has 1 N–H and O–H groups in total. The van der Waals surface area contributed by atoms with E-state index in [1.54, 1.807) is 11.3 Å². The van der Waals surface area contributed by atoms with Crippen molar-refractivity contribution in [2.75, 3.05) is 5.32 Å². The van der Waals surface area contributed by atoms with E-state index in [1.807, 2.05) is 11.6 Å². The van der Waals surface area contributed by atoms with Gasteiger partial charge in [0.2, 0.25) is 0 Å². The van der Waals surface area contributed by atoms with E-state index >= 15 is 0 Å². The van der Waals surface area contributed by atoms with Gasteiger partial charge in [-0.2, -0.15) is 0 Å². The minimum Gasteiger partial charge on any atom is -0.381 e. The summed E-state index contributed by atoms with van der Waals surface area (Å²) in [7, 11) is 0. The molecule has 0 aliphatic carbocycles. The summed E-state index contributed by atoms with van der Waals surface area (Å²) >= 11 is 1.66. The third-order valence-electron chi connectivity index (χ3n) is 3.68. The summed E-state index contributed by atoms with van der Waals surface area (Å²) in [5.41, 5.74) is 6.35. The van der Waals surface area contributed by atoms with E-state index < -0.39 is 0 Å². The molecule has 0 aliphatic rings. The van der Waals surface area contributed by atoms with Gasteiger partial charge in [0.25, 0.3) is 0 Å². The van der Waals surface area contributed by atoms with Crippen molar-refractivity contribution in [3.05, 3.63) is 70.7 Å². The molecule has 0 radical (unpaired) electrons. The van der Waals surface area contributed by atoms with Crippen molar-refractivity contribution in [1.82, 2.24) is 4.98 Å². The summed E-state index contributed by atoms with van der Waals surface area (Å²) in [5, 5.41) is 6.57. The van der Waals surface area contributed by atoms with Gasteiger partial charge in [0.05, 0.1) is 0 Å². The highest BCUT2D eigenvalue weighted by atomic mass is 32.1. The zero-order valence-electron chi connectivity index (χ0n) is 12.3. The smallest absolute Gasteiger partial charge is 0.123 e. The number of nitrogens with one attached hydrogen (secondary N) is 1. The van der Waals surface area contributed by atoms with Crippen molar-refractivity contribution in [3.8, 4) is 10.6 Å². The predicted octanol–water partition coefficient (Wildman–Crippen LogP) is 5.04. The third kappa shape index (κ3) is 3.14. The fourth-order valence-corrected chi connectivity index (χ4v) is 3.06. The number of hydrogen-bond donors (Lipinski definition) is 1. The first-order valence-corrected chi connectivity index (χ1v) is 7.91. The Labute approximate surface area is 129 Å². The van der Waals surface area contributed by atoms with Gasteiger partial charge in [-0.15, -0.1) is 11.3 Å². The number of aryl methyl sites for hydroxylation is 2. The number of thiazole rings is 1. The molecule has 21 heavy (non-hydrogen) atoms. The fourth-order valence-electron chi connectivity index (χ4n) is 2.41. The first kappa shape index (κ1) is 13.8. The SMILES string of the molecule is Cc1cccc(C)c1CNc1ccc(-c2nccs2)cc1. The lowest BCUT2D eigenvalue weighted by atomic mass is 10.0. The first-order valence-electron chi connectivity index (χ1n) is 7.03. The average molecular weight is 294 g/mol. The number of benzene rings is 2. The molecule has 0 saturated heterocycles. The molecular weight excluding hydrogens is 276 g/mol. The van der Waals surface area contributed by atoms with Crippen LogP contribution < -0.4 is 5.32 Å². The highest BCUT2D eigenvalue weighted by molar-refractivity contribution is 7.13. The highest BCUT2D eigenvalue weighted by Crippen LogP contribution is 2.23. The maximum Gasteiger partial charge on any atom is 0.123 e. The molecular formula is C18H18N2S. The summed E-state index contributed by atoms with van der Waals surface area (Å²) in [6.45, 7) is 5.18. The molecule has 0 atom stereocenters. The van der Waals surface area contributed by atoms with Crippen LogP contribution >= 0.6 is 11.3 Å². The third-order valence-corrected chi connectivity index (χ3v) is 4.50. The zero-order chi connectivity index (χ0) is 14.7. The van der Waals surface area contributed by atoms with E-state index in [0.29, 0.717) is 0 Å². The minimum absolute atomic E-state index is 0.856. The van der Waals surface area contributed by atoms with Gasteiger partial charge >= 0.3 is 0 Å². The largest absolute Gasteiger partial charge is 0.381 e. The second kappa shape index (κ2) is 6.10. The number of rotatable bonds is 4. The molecule has 0 fully saturated rings. The van der Waals surface area contributed by atoms with Gasteiger partial charge < -0.3 is 5.32 Å². The van der Waals surface area contributed by atoms with Crippen LogP contribution in [0.15, 0.2) is 54.0 Å². The molecule has 0 amide bonds. The van der Waals surface area contributed by atoms with Crippen LogP contribution in [0.4, 0.5) is 5.69 Å². The molecule has 0 unspecified atom stereocenters. The van der Waals surface area contributed by atoms with Crippen molar-refractivity contribution < 1.29 is 0 Å². The Hall–Kier alpha value is -2.13. The molecule has 0 saturated carbocycles. The van der Waals surface area contributed by atoms with E-state index in [0.717, 1.165) is 17.2 Å². The predicted molar refractivity (Wildman–Crippen MR) is 90.8 cm³/mol. The highest BCUT2D eigenvalue weighted by Gasteiger charge is 2.03. The summed E-state index contributed by atoms with van der Waals surface area (Å²) in [6.07, 6.45) is 1.84. The minimum atomic E-state index is 0.856. The van der Waals surface area contributed by atoms with Gasteiger partial charge in [0.15, 0.2) is 0 Å². The number of aromatic nitrogens is 1. The molecule has 1 heterocycles. The number of anilines is 1. The van der Waals surface area contributed by atoms with Gasteiger partial charge in [-0.05, 0) is 54.8 Å². The van der Waals surface area contributed by atoms with E-state index in [2.05, 4.69) is 66.6 Å². The molecule has 0 bridgehead atoms. The van der Waals surface area contributed by atoms with Crippen LogP contribution in [-0.2, 0) is 6.54 Å². The molecule has 3 aromatic rings. The summed E-state index contributed by atoms with van der Waals surface area (Å²) < 4.78 is 0. The maximum atomic E-state index is 4.33. The van der Waals surface area contributed by atoms with Crippen molar-refractivity contribution in [1.29, 1.82) is 0 Å². The van der Waals surface area contributed by atoms with Gasteiger partial charge in [-0.3, -0.25) is 0 Å². The van der Waals surface area contributed by atoms with Gasteiger partial charge in [-0.1, -0.05) is 18.2 Å². The number of hydrogen-bond acceptors (Lipinski definition) is 3. The molecule has 3 heteroatoms. The van der Waals surface area contributed by atoms with Crippen LogP contribution in [0.3, 0.4) is 0 Å². The summed E-state index contributed by atoms with van der Waals surface area (Å²) in [5.74, 6) is 0. The second-order valence-corrected chi connectivity index (χ2v) is 6.03. The van der Waals surface area contributed by atoms with E-state index in [-0.39, 0.29) is 0 Å². The maximum absolute atomic E-state index is 4.33. The van der Waals surface area contributed by atoms with E-state index in [9.17, 15) is 0 Å². The van der Waals surface area contributed by atoms with Crippen molar-refractivity contribution in [2.45, 2.75) is 20.4 Å². The lowest BCUT2D eigenvalue weighted by Gasteiger charge is -2.12. The molecule has 1 aromatic heterocycles. The van der Waals surface area contributed by atoms with Crippen LogP contribution in [0.5, 0.6) is 0 Å². The zero-order valence-corrected chi connectivity index (χ0v) is 13.1. The van der Waals surface area contributed by atoms with Gasteiger partial charge in [0.1, 0.15) is 5.01 Å². The Kier molecular flexibility index (Phi) is 4.02. The molecule has 0 spiro atoms. The van der Waals surface area contributed by atoms with Crippen LogP contribution in [0, 0.1) is 13.8 Å². The molecule has 0 aliphatic heterocycles. The van der Waals surface area contributed by atoms with E-state index in [1.165, 1.54) is 22.3 Å². The lowest BCUT2D eigenvalue weighted by Crippen LogP contribution is -2.03. The molecule has 2 aromatic carbocycles.